The fourth-order valence-electron chi connectivity index (χ4n) is 1.86. The van der Waals surface area contributed by atoms with Crippen molar-refractivity contribution in [3.63, 3.8) is 0 Å². The Morgan fingerprint density at radius 3 is 2.44 bits per heavy atom. The molecule has 0 nitrogen and oxygen atoms in total. The molecule has 0 aliphatic carbocycles. The molecule has 0 aliphatic heterocycles. The molecule has 0 heteroatoms. The van der Waals surface area contributed by atoms with Gasteiger partial charge in [-0.1, -0.05) is 54.3 Å². The maximum atomic E-state index is 3.22. The van der Waals surface area contributed by atoms with Gasteiger partial charge in [-0.2, -0.15) is 0 Å². The van der Waals surface area contributed by atoms with E-state index in [4.69, 9.17) is 0 Å². The Morgan fingerprint density at radius 2 is 1.56 bits per heavy atom. The van der Waals surface area contributed by atoms with E-state index in [-0.39, 0.29) is 0 Å². The van der Waals surface area contributed by atoms with Crippen LogP contribution in [0.4, 0.5) is 0 Å². The molecular formula is C18H11. The summed E-state index contributed by atoms with van der Waals surface area (Å²) < 4.78 is 0. The van der Waals surface area contributed by atoms with Crippen LogP contribution in [0.2, 0.25) is 0 Å². The molecule has 0 saturated heterocycles. The van der Waals surface area contributed by atoms with Crippen molar-refractivity contribution in [2.75, 3.05) is 0 Å². The number of benzene rings is 3. The summed E-state index contributed by atoms with van der Waals surface area (Å²) in [5.41, 5.74) is 2.06. The summed E-state index contributed by atoms with van der Waals surface area (Å²) in [5.74, 6) is 6.34. The molecule has 18 heavy (non-hydrogen) atoms. The van der Waals surface area contributed by atoms with Gasteiger partial charge in [-0.05, 0) is 41.1 Å². The van der Waals surface area contributed by atoms with Crippen LogP contribution in [0.1, 0.15) is 11.1 Å². The molecule has 0 spiro atoms. The van der Waals surface area contributed by atoms with Crippen molar-refractivity contribution in [2.24, 2.45) is 0 Å². The molecule has 3 aromatic carbocycles. The Balaban J connectivity index is 1.99. The van der Waals surface area contributed by atoms with Gasteiger partial charge in [0.05, 0.1) is 0 Å². The van der Waals surface area contributed by atoms with Gasteiger partial charge in [0.1, 0.15) is 0 Å². The molecule has 1 radical (unpaired) electrons. The van der Waals surface area contributed by atoms with Crippen molar-refractivity contribution in [1.29, 1.82) is 0 Å². The third-order valence-electron chi connectivity index (χ3n) is 2.79. The Bertz CT molecular complexity index is 728. The monoisotopic (exact) mass is 227 g/mol. The highest BCUT2D eigenvalue weighted by Gasteiger charge is 1.93. The molecule has 0 unspecified atom stereocenters. The molecule has 3 rings (SSSR count). The quantitative estimate of drug-likeness (QED) is 0.508. The van der Waals surface area contributed by atoms with Gasteiger partial charge < -0.3 is 0 Å². The summed E-state index contributed by atoms with van der Waals surface area (Å²) in [7, 11) is 0. The highest BCUT2D eigenvalue weighted by molar-refractivity contribution is 5.83. The molecule has 0 N–H and O–H groups in total. The fourth-order valence-corrected chi connectivity index (χ4v) is 1.86. The topological polar surface area (TPSA) is 0 Å². The summed E-state index contributed by atoms with van der Waals surface area (Å²) >= 11 is 0. The zero-order chi connectivity index (χ0) is 12.2. The van der Waals surface area contributed by atoms with Crippen LogP contribution in [-0.2, 0) is 0 Å². The van der Waals surface area contributed by atoms with Crippen LogP contribution in [0.25, 0.3) is 10.8 Å². The standard InChI is InChI=1S/C18H11/c1-2-6-15(7-3-1)10-11-16-12-13-17-8-4-5-9-18(17)14-16/h1-8,12-14H. The fraction of sp³-hybridized carbons (Fsp3) is 0. The SMILES string of the molecule is C(#Cc1ccc2ccc[c]c2c1)c1ccccc1. The van der Waals surface area contributed by atoms with Gasteiger partial charge in [0.15, 0.2) is 0 Å². The second kappa shape index (κ2) is 4.77. The smallest absolute Gasteiger partial charge is 0.0255 e. The number of hydrogen-bond donors (Lipinski definition) is 0. The second-order valence-electron chi connectivity index (χ2n) is 4.09. The van der Waals surface area contributed by atoms with Gasteiger partial charge in [0, 0.05) is 11.1 Å². The lowest BCUT2D eigenvalue weighted by Gasteiger charge is -1.96. The van der Waals surface area contributed by atoms with Crippen molar-refractivity contribution >= 4 is 10.8 Å². The summed E-state index contributed by atoms with van der Waals surface area (Å²) in [6.07, 6.45) is 0. The van der Waals surface area contributed by atoms with Gasteiger partial charge in [0.2, 0.25) is 0 Å². The van der Waals surface area contributed by atoms with E-state index in [2.05, 4.69) is 36.1 Å². The first-order chi connectivity index (χ1) is 8.92. The molecule has 3 aromatic rings. The summed E-state index contributed by atoms with van der Waals surface area (Å²) in [4.78, 5) is 0. The van der Waals surface area contributed by atoms with Crippen LogP contribution < -0.4 is 0 Å². The lowest BCUT2D eigenvalue weighted by atomic mass is 10.1. The van der Waals surface area contributed by atoms with Crippen molar-refractivity contribution in [3.05, 3.63) is 83.9 Å². The van der Waals surface area contributed by atoms with E-state index in [1.165, 1.54) is 5.39 Å². The van der Waals surface area contributed by atoms with Crippen molar-refractivity contribution in [1.82, 2.24) is 0 Å². The Kier molecular flexibility index (Phi) is 2.82. The Morgan fingerprint density at radius 1 is 0.722 bits per heavy atom. The van der Waals surface area contributed by atoms with Gasteiger partial charge in [0.25, 0.3) is 0 Å². The zero-order valence-corrected chi connectivity index (χ0v) is 9.85. The number of rotatable bonds is 0. The van der Waals surface area contributed by atoms with E-state index in [0.29, 0.717) is 0 Å². The minimum Gasteiger partial charge on any atom is -0.0622 e. The van der Waals surface area contributed by atoms with Gasteiger partial charge in [-0.15, -0.1) is 0 Å². The average Bonchev–Trinajstić information content (AvgIpc) is 2.46. The van der Waals surface area contributed by atoms with Crippen LogP contribution >= 0.6 is 0 Å². The first kappa shape index (κ1) is 10.6. The summed E-state index contributed by atoms with van der Waals surface area (Å²) in [6.45, 7) is 0. The highest BCUT2D eigenvalue weighted by Crippen LogP contribution is 2.14. The molecule has 0 aliphatic rings. The normalized spacial score (nSPS) is 9.78. The van der Waals surface area contributed by atoms with Crippen LogP contribution in [0.15, 0.2) is 66.7 Å². The van der Waals surface area contributed by atoms with Crippen LogP contribution in [0.5, 0.6) is 0 Å². The molecule has 0 heterocycles. The number of fused-ring (bicyclic) bond motifs is 1. The lowest BCUT2D eigenvalue weighted by Crippen LogP contribution is -1.77. The Hall–Kier alpha value is -2.52. The number of hydrogen-bond acceptors (Lipinski definition) is 0. The molecule has 0 fully saturated rings. The summed E-state index contributed by atoms with van der Waals surface area (Å²) in [6, 6.07) is 25.5. The minimum absolute atomic E-state index is 1.02. The second-order valence-corrected chi connectivity index (χ2v) is 4.09. The van der Waals surface area contributed by atoms with Crippen molar-refractivity contribution < 1.29 is 0 Å². The zero-order valence-electron chi connectivity index (χ0n) is 9.85. The van der Waals surface area contributed by atoms with E-state index >= 15 is 0 Å². The molecule has 0 bridgehead atoms. The van der Waals surface area contributed by atoms with Crippen LogP contribution in [0.3, 0.4) is 0 Å². The van der Waals surface area contributed by atoms with E-state index in [1.54, 1.807) is 0 Å². The molecule has 0 saturated carbocycles. The predicted molar refractivity (Wildman–Crippen MR) is 75.2 cm³/mol. The van der Waals surface area contributed by atoms with E-state index < -0.39 is 0 Å². The molecule has 0 aromatic heterocycles. The third-order valence-corrected chi connectivity index (χ3v) is 2.79. The third kappa shape index (κ3) is 2.26. The van der Waals surface area contributed by atoms with Crippen LogP contribution in [-0.4, -0.2) is 0 Å². The maximum absolute atomic E-state index is 3.22. The van der Waals surface area contributed by atoms with Gasteiger partial charge >= 0.3 is 0 Å². The van der Waals surface area contributed by atoms with Gasteiger partial charge in [-0.25, -0.2) is 0 Å². The predicted octanol–water partition coefficient (Wildman–Crippen LogP) is 4.04. The van der Waals surface area contributed by atoms with Gasteiger partial charge in [-0.3, -0.25) is 0 Å². The summed E-state index contributed by atoms with van der Waals surface area (Å²) in [5, 5.41) is 2.31. The van der Waals surface area contributed by atoms with E-state index in [9.17, 15) is 0 Å². The molecule has 0 atom stereocenters. The average molecular weight is 227 g/mol. The largest absolute Gasteiger partial charge is 0.0622 e. The maximum Gasteiger partial charge on any atom is 0.0255 e. The molecular weight excluding hydrogens is 216 g/mol. The molecule has 0 amide bonds. The lowest BCUT2D eigenvalue weighted by molar-refractivity contribution is 1.64. The molecule has 83 valence electrons. The minimum atomic E-state index is 1.02. The Labute approximate surface area is 107 Å². The van der Waals surface area contributed by atoms with E-state index in [1.807, 2.05) is 48.5 Å². The first-order valence-corrected chi connectivity index (χ1v) is 5.89. The highest BCUT2D eigenvalue weighted by atomic mass is 14.0. The van der Waals surface area contributed by atoms with Crippen molar-refractivity contribution in [3.8, 4) is 11.8 Å². The van der Waals surface area contributed by atoms with Crippen molar-refractivity contribution in [2.45, 2.75) is 0 Å². The van der Waals surface area contributed by atoms with Crippen LogP contribution in [0, 0.1) is 17.9 Å². The van der Waals surface area contributed by atoms with E-state index in [0.717, 1.165) is 16.5 Å². The first-order valence-electron chi connectivity index (χ1n) is 5.89.